The lowest BCUT2D eigenvalue weighted by Gasteiger charge is -2.15. The molecular weight excluding hydrogens is 197 g/mol. The number of fused-ring (bicyclic) bond motifs is 1. The molecule has 1 amide bonds. The number of primary amides is 1. The van der Waals surface area contributed by atoms with Crippen LogP contribution in [0.2, 0.25) is 0 Å². The highest BCUT2D eigenvalue weighted by molar-refractivity contribution is 5.93. The summed E-state index contributed by atoms with van der Waals surface area (Å²) in [7, 11) is 0. The average Bonchev–Trinajstić information content (AvgIpc) is 2.41. The van der Waals surface area contributed by atoms with Crippen molar-refractivity contribution in [2.24, 2.45) is 5.73 Å². The third-order valence-electron chi connectivity index (χ3n) is 2.65. The van der Waals surface area contributed by atoms with E-state index in [4.69, 9.17) is 10.5 Å². The Morgan fingerprint density at radius 2 is 2.20 bits per heavy atom. The first-order chi connectivity index (χ1) is 6.92. The zero-order valence-electron chi connectivity index (χ0n) is 8.63. The molecule has 2 rings (SSSR count). The highest BCUT2D eigenvalue weighted by Gasteiger charge is 2.33. The van der Waals surface area contributed by atoms with Crippen molar-refractivity contribution < 1.29 is 13.9 Å². The third kappa shape index (κ3) is 1.46. The van der Waals surface area contributed by atoms with Crippen molar-refractivity contribution in [2.75, 3.05) is 6.61 Å². The van der Waals surface area contributed by atoms with Gasteiger partial charge in [-0.3, -0.25) is 4.79 Å². The quantitative estimate of drug-likeness (QED) is 0.763. The van der Waals surface area contributed by atoms with Gasteiger partial charge in [-0.2, -0.15) is 0 Å². The Balaban J connectivity index is 2.60. The van der Waals surface area contributed by atoms with E-state index < -0.39 is 11.7 Å². The van der Waals surface area contributed by atoms with Gasteiger partial charge in [0.1, 0.15) is 11.6 Å². The summed E-state index contributed by atoms with van der Waals surface area (Å²) in [4.78, 5) is 10.9. The van der Waals surface area contributed by atoms with Crippen LogP contribution in [0.1, 0.15) is 29.8 Å². The standard InChI is InChI=1S/C11H12FNO2/c1-11(2)5-15-9-3-6(10(13)14)8(12)4-7(9)11/h3-4H,5H2,1-2H3,(H2,13,14). The van der Waals surface area contributed by atoms with Gasteiger partial charge < -0.3 is 10.5 Å². The van der Waals surface area contributed by atoms with Crippen LogP contribution in [0.15, 0.2) is 12.1 Å². The van der Waals surface area contributed by atoms with E-state index in [1.807, 2.05) is 13.8 Å². The van der Waals surface area contributed by atoms with Crippen molar-refractivity contribution in [2.45, 2.75) is 19.3 Å². The Hall–Kier alpha value is -1.58. The smallest absolute Gasteiger partial charge is 0.251 e. The normalized spacial score (nSPS) is 17.0. The molecule has 0 aliphatic carbocycles. The van der Waals surface area contributed by atoms with E-state index in [0.717, 1.165) is 5.56 Å². The van der Waals surface area contributed by atoms with E-state index in [0.29, 0.717) is 12.4 Å². The van der Waals surface area contributed by atoms with E-state index in [1.54, 1.807) is 0 Å². The lowest BCUT2D eigenvalue weighted by molar-refractivity contribution is 0.0996. The Morgan fingerprint density at radius 3 is 2.80 bits per heavy atom. The minimum absolute atomic E-state index is 0.119. The summed E-state index contributed by atoms with van der Waals surface area (Å²) in [5, 5.41) is 0. The van der Waals surface area contributed by atoms with Crippen LogP contribution in [-0.4, -0.2) is 12.5 Å². The monoisotopic (exact) mass is 209 g/mol. The minimum Gasteiger partial charge on any atom is -0.492 e. The van der Waals surface area contributed by atoms with Crippen LogP contribution >= 0.6 is 0 Å². The first-order valence-corrected chi connectivity index (χ1v) is 4.68. The van der Waals surface area contributed by atoms with Gasteiger partial charge in [0.15, 0.2) is 0 Å². The van der Waals surface area contributed by atoms with Gasteiger partial charge in [0.2, 0.25) is 0 Å². The number of hydrogen-bond acceptors (Lipinski definition) is 2. The minimum atomic E-state index is -0.774. The lowest BCUT2D eigenvalue weighted by Crippen LogP contribution is -2.19. The fourth-order valence-electron chi connectivity index (χ4n) is 1.73. The molecule has 0 fully saturated rings. The van der Waals surface area contributed by atoms with Crippen LogP contribution in [0.4, 0.5) is 4.39 Å². The van der Waals surface area contributed by atoms with Crippen LogP contribution in [0.25, 0.3) is 0 Å². The number of halogens is 1. The molecule has 0 spiro atoms. The molecule has 0 aromatic heterocycles. The maximum atomic E-state index is 13.5. The average molecular weight is 209 g/mol. The molecule has 1 aliphatic rings. The number of rotatable bonds is 1. The van der Waals surface area contributed by atoms with Crippen molar-refractivity contribution in [1.82, 2.24) is 0 Å². The number of amides is 1. The zero-order chi connectivity index (χ0) is 11.2. The summed E-state index contributed by atoms with van der Waals surface area (Å²) in [6, 6.07) is 2.71. The molecular formula is C11H12FNO2. The fraction of sp³-hybridized carbons (Fsp3) is 0.364. The van der Waals surface area contributed by atoms with Gasteiger partial charge >= 0.3 is 0 Å². The second-order valence-electron chi connectivity index (χ2n) is 4.37. The van der Waals surface area contributed by atoms with Crippen molar-refractivity contribution >= 4 is 5.91 Å². The van der Waals surface area contributed by atoms with Crippen molar-refractivity contribution in [1.29, 1.82) is 0 Å². The topological polar surface area (TPSA) is 52.3 Å². The van der Waals surface area contributed by atoms with E-state index in [1.165, 1.54) is 12.1 Å². The second-order valence-corrected chi connectivity index (χ2v) is 4.37. The maximum absolute atomic E-state index is 13.5. The predicted molar refractivity (Wildman–Crippen MR) is 53.4 cm³/mol. The molecule has 0 unspecified atom stereocenters. The van der Waals surface area contributed by atoms with Gasteiger partial charge in [0, 0.05) is 11.0 Å². The van der Waals surface area contributed by atoms with Gasteiger partial charge in [-0.25, -0.2) is 4.39 Å². The molecule has 3 nitrogen and oxygen atoms in total. The number of benzene rings is 1. The number of carbonyl (C=O) groups is 1. The molecule has 80 valence electrons. The zero-order valence-corrected chi connectivity index (χ0v) is 8.63. The van der Waals surface area contributed by atoms with Gasteiger partial charge in [0.25, 0.3) is 5.91 Å². The van der Waals surface area contributed by atoms with Gasteiger partial charge in [0.05, 0.1) is 12.2 Å². The molecule has 2 N–H and O–H groups in total. The maximum Gasteiger partial charge on any atom is 0.251 e. The summed E-state index contributed by atoms with van der Waals surface area (Å²) in [6.07, 6.45) is 0. The molecule has 0 saturated heterocycles. The molecule has 4 heteroatoms. The Bertz CT molecular complexity index is 440. The van der Waals surface area contributed by atoms with Gasteiger partial charge in [-0.15, -0.1) is 0 Å². The number of ether oxygens (including phenoxy) is 1. The van der Waals surface area contributed by atoms with Crippen LogP contribution in [0, 0.1) is 5.82 Å². The number of carbonyl (C=O) groups excluding carboxylic acids is 1. The molecule has 0 saturated carbocycles. The number of hydrogen-bond donors (Lipinski definition) is 1. The summed E-state index contributed by atoms with van der Waals surface area (Å²) in [6.45, 7) is 4.41. The Morgan fingerprint density at radius 1 is 1.53 bits per heavy atom. The first-order valence-electron chi connectivity index (χ1n) is 4.68. The fourth-order valence-corrected chi connectivity index (χ4v) is 1.73. The molecule has 1 aliphatic heterocycles. The van der Waals surface area contributed by atoms with Gasteiger partial charge in [-0.1, -0.05) is 13.8 Å². The van der Waals surface area contributed by atoms with E-state index in [-0.39, 0.29) is 11.0 Å². The molecule has 0 radical (unpaired) electrons. The molecule has 1 heterocycles. The van der Waals surface area contributed by atoms with Crippen LogP contribution in [-0.2, 0) is 5.41 Å². The molecule has 0 bridgehead atoms. The second kappa shape index (κ2) is 2.95. The third-order valence-corrected chi connectivity index (χ3v) is 2.65. The predicted octanol–water partition coefficient (Wildman–Crippen LogP) is 1.59. The van der Waals surface area contributed by atoms with E-state index >= 15 is 0 Å². The summed E-state index contributed by atoms with van der Waals surface area (Å²) in [5.41, 5.74) is 5.49. The van der Waals surface area contributed by atoms with Crippen molar-refractivity contribution in [3.8, 4) is 5.75 Å². The molecule has 15 heavy (non-hydrogen) atoms. The first kappa shape index (κ1) is 9.96. The lowest BCUT2D eigenvalue weighted by atomic mass is 9.86. The van der Waals surface area contributed by atoms with Crippen LogP contribution in [0.5, 0.6) is 5.75 Å². The van der Waals surface area contributed by atoms with Gasteiger partial charge in [-0.05, 0) is 12.1 Å². The number of nitrogens with two attached hydrogens (primary N) is 1. The summed E-state index contributed by atoms with van der Waals surface area (Å²) >= 11 is 0. The van der Waals surface area contributed by atoms with Crippen molar-refractivity contribution in [3.05, 3.63) is 29.1 Å². The van der Waals surface area contributed by atoms with E-state index in [2.05, 4.69) is 0 Å². The molecule has 1 aromatic rings. The van der Waals surface area contributed by atoms with Crippen LogP contribution in [0.3, 0.4) is 0 Å². The largest absolute Gasteiger partial charge is 0.492 e. The summed E-state index contributed by atoms with van der Waals surface area (Å²) in [5.74, 6) is -0.807. The highest BCUT2D eigenvalue weighted by Crippen LogP contribution is 2.39. The molecule has 1 aromatic carbocycles. The van der Waals surface area contributed by atoms with Crippen molar-refractivity contribution in [3.63, 3.8) is 0 Å². The SMILES string of the molecule is CC1(C)COc2cc(C(N)=O)c(F)cc21. The summed E-state index contributed by atoms with van der Waals surface area (Å²) < 4.78 is 18.9. The van der Waals surface area contributed by atoms with Crippen LogP contribution < -0.4 is 10.5 Å². The molecule has 0 atom stereocenters. The van der Waals surface area contributed by atoms with E-state index in [9.17, 15) is 9.18 Å². The Labute approximate surface area is 87.0 Å². The Kier molecular flexibility index (Phi) is 1.96. The highest BCUT2D eigenvalue weighted by atomic mass is 19.1.